The van der Waals surface area contributed by atoms with Crippen molar-refractivity contribution in [2.24, 2.45) is 21.6 Å². The van der Waals surface area contributed by atoms with Crippen LogP contribution in [0.1, 0.15) is 18.4 Å². The first-order chi connectivity index (χ1) is 10.6. The second-order valence-corrected chi connectivity index (χ2v) is 6.00. The van der Waals surface area contributed by atoms with Crippen LogP contribution < -0.4 is 5.73 Å². The number of nitriles is 2. The molecule has 1 spiro atoms. The van der Waals surface area contributed by atoms with Crippen molar-refractivity contribution in [3.05, 3.63) is 35.9 Å². The third kappa shape index (κ3) is 1.13. The highest BCUT2D eigenvalue weighted by Crippen LogP contribution is 2.82. The van der Waals surface area contributed by atoms with Crippen LogP contribution >= 0.6 is 0 Å². The molecule has 4 rings (SSSR count). The first-order valence-electron chi connectivity index (χ1n) is 7.13. The smallest absolute Gasteiger partial charge is 0.293 e. The zero-order chi connectivity index (χ0) is 15.6. The minimum absolute atomic E-state index is 0.125. The van der Waals surface area contributed by atoms with Gasteiger partial charge in [-0.1, -0.05) is 30.3 Å². The van der Waals surface area contributed by atoms with E-state index < -0.39 is 22.7 Å². The lowest BCUT2D eigenvalue weighted by atomic mass is 9.94. The monoisotopic (exact) mass is 294 g/mol. The van der Waals surface area contributed by atoms with E-state index in [0.29, 0.717) is 6.61 Å². The van der Waals surface area contributed by atoms with E-state index in [1.165, 1.54) is 0 Å². The molecule has 2 aliphatic heterocycles. The molecule has 6 heteroatoms. The Labute approximate surface area is 127 Å². The molecule has 1 saturated heterocycles. The van der Waals surface area contributed by atoms with Crippen molar-refractivity contribution in [2.45, 2.75) is 24.9 Å². The maximum atomic E-state index is 9.93. The van der Waals surface area contributed by atoms with Crippen molar-refractivity contribution in [1.82, 2.24) is 0 Å². The molecule has 2 heterocycles. The third-order valence-electron chi connectivity index (χ3n) is 4.93. The topological polar surface area (TPSA) is 104 Å². The second kappa shape index (κ2) is 3.86. The number of benzene rings is 1. The van der Waals surface area contributed by atoms with Crippen molar-refractivity contribution in [3.63, 3.8) is 0 Å². The molecule has 2 fully saturated rings. The van der Waals surface area contributed by atoms with Gasteiger partial charge in [-0.25, -0.2) is 4.99 Å². The Morgan fingerprint density at radius 1 is 1.27 bits per heavy atom. The minimum atomic E-state index is -1.47. The maximum absolute atomic E-state index is 9.93. The molecule has 0 aromatic heterocycles. The SMILES string of the molecule is C[C@@H]1CO[C@]2(N=C(N)[C@@]3(C#N)[C@@H](c4ccccc4)[C@@]23C#N)O1. The number of ether oxygens (including phenoxy) is 2. The Hall–Kier alpha value is -2.41. The number of nitrogens with zero attached hydrogens (tertiary/aromatic N) is 3. The van der Waals surface area contributed by atoms with E-state index >= 15 is 0 Å². The average molecular weight is 294 g/mol. The van der Waals surface area contributed by atoms with Crippen molar-refractivity contribution in [1.29, 1.82) is 10.5 Å². The standard InChI is InChI=1S/C16H14N4O2/c1-10-7-21-16(22-10)15(9-18)12(11-5-3-2-4-6-11)14(15,8-17)13(19)20-16/h2-6,10,12H,7H2,1H3,(H2,19,20)/t10-,12-,14-,15-,16+/m1/s1. The molecule has 110 valence electrons. The summed E-state index contributed by atoms with van der Waals surface area (Å²) in [7, 11) is 0. The second-order valence-electron chi connectivity index (χ2n) is 6.00. The fourth-order valence-corrected chi connectivity index (χ4v) is 4.01. The highest BCUT2D eigenvalue weighted by Gasteiger charge is 2.94. The summed E-state index contributed by atoms with van der Waals surface area (Å²) in [5.41, 5.74) is 4.52. The van der Waals surface area contributed by atoms with Crippen molar-refractivity contribution in [3.8, 4) is 12.1 Å². The Balaban J connectivity index is 1.93. The Morgan fingerprint density at radius 3 is 2.55 bits per heavy atom. The Kier molecular flexibility index (Phi) is 2.33. The first-order valence-corrected chi connectivity index (χ1v) is 7.13. The normalized spacial score (nSPS) is 45.0. The van der Waals surface area contributed by atoms with E-state index in [4.69, 9.17) is 15.2 Å². The Morgan fingerprint density at radius 2 is 2.00 bits per heavy atom. The molecule has 0 bridgehead atoms. The van der Waals surface area contributed by atoms with Gasteiger partial charge in [0.05, 0.1) is 24.8 Å². The van der Waals surface area contributed by atoms with Crippen molar-refractivity contribution in [2.75, 3.05) is 6.61 Å². The third-order valence-corrected chi connectivity index (χ3v) is 4.93. The summed E-state index contributed by atoms with van der Waals surface area (Å²) in [6.45, 7) is 2.17. The van der Waals surface area contributed by atoms with Gasteiger partial charge in [0, 0.05) is 5.92 Å². The van der Waals surface area contributed by atoms with Gasteiger partial charge in [-0.15, -0.1) is 0 Å². The molecule has 6 nitrogen and oxygen atoms in total. The fraction of sp³-hybridized carbons (Fsp3) is 0.438. The number of nitrogens with two attached hydrogens (primary N) is 1. The van der Waals surface area contributed by atoms with E-state index in [2.05, 4.69) is 17.1 Å². The lowest BCUT2D eigenvalue weighted by Gasteiger charge is -2.26. The average Bonchev–Trinajstić information content (AvgIpc) is 2.93. The molecule has 0 unspecified atom stereocenters. The molecule has 0 amide bonds. The zero-order valence-electron chi connectivity index (χ0n) is 12.0. The summed E-state index contributed by atoms with van der Waals surface area (Å²) in [5, 5.41) is 19.7. The minimum Gasteiger partial charge on any atom is -0.386 e. The van der Waals surface area contributed by atoms with Crippen LogP contribution in [0.5, 0.6) is 0 Å². The summed E-state index contributed by atoms with van der Waals surface area (Å²) < 4.78 is 11.6. The number of rotatable bonds is 1. The highest BCUT2D eigenvalue weighted by molar-refractivity contribution is 6.00. The number of hydrogen-bond donors (Lipinski definition) is 1. The summed E-state index contributed by atoms with van der Waals surface area (Å²) >= 11 is 0. The largest absolute Gasteiger partial charge is 0.386 e. The molecule has 5 atom stereocenters. The van der Waals surface area contributed by atoms with E-state index in [1.807, 2.05) is 37.3 Å². The number of hydrogen-bond acceptors (Lipinski definition) is 6. The van der Waals surface area contributed by atoms with Crippen LogP contribution in [-0.2, 0) is 9.47 Å². The van der Waals surface area contributed by atoms with Crippen LogP contribution in [0, 0.1) is 33.5 Å². The molecule has 2 N–H and O–H groups in total. The molecular formula is C16H14N4O2. The number of aliphatic imine (C=N–C) groups is 1. The molecular weight excluding hydrogens is 280 g/mol. The van der Waals surface area contributed by atoms with Gasteiger partial charge >= 0.3 is 0 Å². The van der Waals surface area contributed by atoms with Gasteiger partial charge in [0.15, 0.2) is 5.41 Å². The molecule has 22 heavy (non-hydrogen) atoms. The van der Waals surface area contributed by atoms with Gasteiger partial charge in [0.1, 0.15) is 11.3 Å². The maximum Gasteiger partial charge on any atom is 0.293 e. The van der Waals surface area contributed by atoms with Crippen molar-refractivity contribution >= 4 is 5.84 Å². The zero-order valence-corrected chi connectivity index (χ0v) is 12.0. The molecule has 1 aromatic carbocycles. The van der Waals surface area contributed by atoms with E-state index in [-0.39, 0.29) is 11.9 Å². The van der Waals surface area contributed by atoms with Crippen LogP contribution in [0.15, 0.2) is 35.3 Å². The van der Waals surface area contributed by atoms with Crippen LogP contribution in [0.4, 0.5) is 0 Å². The molecule has 0 radical (unpaired) electrons. The van der Waals surface area contributed by atoms with Crippen LogP contribution in [0.3, 0.4) is 0 Å². The highest BCUT2D eigenvalue weighted by atomic mass is 16.8. The van der Waals surface area contributed by atoms with Gasteiger partial charge in [0.2, 0.25) is 0 Å². The molecule has 3 aliphatic rings. The number of amidine groups is 1. The number of fused-ring (bicyclic) bond motifs is 2. The van der Waals surface area contributed by atoms with Crippen LogP contribution in [0.2, 0.25) is 0 Å². The first kappa shape index (κ1) is 13.3. The predicted molar refractivity (Wildman–Crippen MR) is 76.1 cm³/mol. The van der Waals surface area contributed by atoms with Gasteiger partial charge in [-0.3, -0.25) is 0 Å². The Bertz CT molecular complexity index is 765. The van der Waals surface area contributed by atoms with Crippen molar-refractivity contribution < 1.29 is 9.47 Å². The molecule has 1 aliphatic carbocycles. The van der Waals surface area contributed by atoms with Gasteiger partial charge in [-0.2, -0.15) is 10.5 Å². The van der Waals surface area contributed by atoms with Crippen LogP contribution in [0.25, 0.3) is 0 Å². The summed E-state index contributed by atoms with van der Waals surface area (Å²) in [6.07, 6.45) is -0.201. The van der Waals surface area contributed by atoms with Gasteiger partial charge < -0.3 is 15.2 Å². The summed E-state index contributed by atoms with van der Waals surface area (Å²) in [5.74, 6) is -1.75. The summed E-state index contributed by atoms with van der Waals surface area (Å²) in [6, 6.07) is 13.9. The molecule has 1 aromatic rings. The lowest BCUT2D eigenvalue weighted by molar-refractivity contribution is -0.193. The van der Waals surface area contributed by atoms with E-state index in [0.717, 1.165) is 5.56 Å². The summed E-state index contributed by atoms with van der Waals surface area (Å²) in [4.78, 5) is 4.27. The molecule has 1 saturated carbocycles. The fourth-order valence-electron chi connectivity index (χ4n) is 4.01. The quantitative estimate of drug-likeness (QED) is 0.839. The lowest BCUT2D eigenvalue weighted by Crippen LogP contribution is -2.39. The van der Waals surface area contributed by atoms with E-state index in [1.54, 1.807) is 0 Å². The van der Waals surface area contributed by atoms with Crippen LogP contribution in [-0.4, -0.2) is 24.5 Å². The predicted octanol–water partition coefficient (Wildman–Crippen LogP) is 1.26. The van der Waals surface area contributed by atoms with Gasteiger partial charge in [-0.05, 0) is 12.5 Å². The van der Waals surface area contributed by atoms with E-state index in [9.17, 15) is 10.5 Å². The van der Waals surface area contributed by atoms with Gasteiger partial charge in [0.25, 0.3) is 5.91 Å².